The fourth-order valence-corrected chi connectivity index (χ4v) is 2.75. The van der Waals surface area contributed by atoms with Crippen molar-refractivity contribution in [3.05, 3.63) is 0 Å². The Morgan fingerprint density at radius 2 is 1.57 bits per heavy atom. The van der Waals surface area contributed by atoms with E-state index >= 15 is 0 Å². The summed E-state index contributed by atoms with van der Waals surface area (Å²) < 4.78 is 9.90. The predicted molar refractivity (Wildman–Crippen MR) is 77.7 cm³/mol. The standard InChI is InChI=1S/C15H27NO5/c1-4-9-16-10-7-15(19,8-11-16)12(13(17)20-5-2)14(18)21-6-3/h12,19H,4-11H2,1-3H3. The molecule has 21 heavy (non-hydrogen) atoms. The van der Waals surface area contributed by atoms with Crippen LogP contribution >= 0.6 is 0 Å². The normalized spacial score (nSPS) is 18.5. The molecular weight excluding hydrogens is 274 g/mol. The van der Waals surface area contributed by atoms with E-state index in [0.29, 0.717) is 25.9 Å². The van der Waals surface area contributed by atoms with Gasteiger partial charge in [0.25, 0.3) is 0 Å². The fraction of sp³-hybridized carbons (Fsp3) is 0.867. The van der Waals surface area contributed by atoms with E-state index in [9.17, 15) is 14.7 Å². The molecule has 1 aliphatic rings. The van der Waals surface area contributed by atoms with E-state index in [1.54, 1.807) is 13.8 Å². The molecule has 1 N–H and O–H groups in total. The number of hydrogen-bond acceptors (Lipinski definition) is 6. The van der Waals surface area contributed by atoms with E-state index in [1.165, 1.54) is 0 Å². The van der Waals surface area contributed by atoms with Crippen molar-refractivity contribution in [3.8, 4) is 0 Å². The molecule has 1 heterocycles. The molecule has 0 spiro atoms. The molecule has 1 fully saturated rings. The molecule has 1 aliphatic heterocycles. The SMILES string of the molecule is CCCN1CCC(O)(C(C(=O)OCC)C(=O)OCC)CC1. The number of nitrogens with zero attached hydrogens (tertiary/aromatic N) is 1. The zero-order valence-electron chi connectivity index (χ0n) is 13.3. The maximum atomic E-state index is 12.1. The van der Waals surface area contributed by atoms with Crippen molar-refractivity contribution in [3.63, 3.8) is 0 Å². The molecule has 1 saturated heterocycles. The molecule has 6 heteroatoms. The molecule has 0 unspecified atom stereocenters. The maximum absolute atomic E-state index is 12.1. The predicted octanol–water partition coefficient (Wildman–Crippen LogP) is 0.966. The van der Waals surface area contributed by atoms with Gasteiger partial charge in [0.1, 0.15) is 0 Å². The molecule has 0 aliphatic carbocycles. The van der Waals surface area contributed by atoms with Gasteiger partial charge in [0.05, 0.1) is 18.8 Å². The highest BCUT2D eigenvalue weighted by molar-refractivity contribution is 5.96. The maximum Gasteiger partial charge on any atom is 0.323 e. The van der Waals surface area contributed by atoms with E-state index < -0.39 is 23.5 Å². The van der Waals surface area contributed by atoms with Gasteiger partial charge in [-0.2, -0.15) is 0 Å². The Labute approximate surface area is 126 Å². The first-order chi connectivity index (χ1) is 9.98. The van der Waals surface area contributed by atoms with Crippen LogP contribution in [-0.4, -0.2) is 60.4 Å². The molecule has 0 bridgehead atoms. The van der Waals surface area contributed by atoms with Crippen LogP contribution in [0.1, 0.15) is 40.0 Å². The van der Waals surface area contributed by atoms with Crippen LogP contribution in [0.3, 0.4) is 0 Å². The summed E-state index contributed by atoms with van der Waals surface area (Å²) in [6.45, 7) is 8.08. The van der Waals surface area contributed by atoms with Crippen LogP contribution in [0, 0.1) is 5.92 Å². The van der Waals surface area contributed by atoms with E-state index in [4.69, 9.17) is 9.47 Å². The molecule has 0 radical (unpaired) electrons. The van der Waals surface area contributed by atoms with Crippen LogP contribution in [0.4, 0.5) is 0 Å². The second kappa shape index (κ2) is 8.34. The van der Waals surface area contributed by atoms with Gasteiger partial charge in [0.2, 0.25) is 0 Å². The summed E-state index contributed by atoms with van der Waals surface area (Å²) in [6.07, 6.45) is 1.78. The lowest BCUT2D eigenvalue weighted by molar-refractivity contribution is -0.178. The minimum absolute atomic E-state index is 0.173. The minimum atomic E-state index is -1.37. The smallest absolute Gasteiger partial charge is 0.323 e. The second-order valence-electron chi connectivity index (χ2n) is 5.38. The first-order valence-corrected chi connectivity index (χ1v) is 7.76. The lowest BCUT2D eigenvalue weighted by Crippen LogP contribution is -2.54. The molecule has 1 rings (SSSR count). The van der Waals surface area contributed by atoms with Crippen molar-refractivity contribution in [1.29, 1.82) is 0 Å². The highest BCUT2D eigenvalue weighted by Gasteiger charge is 2.49. The lowest BCUT2D eigenvalue weighted by Gasteiger charge is -2.40. The van der Waals surface area contributed by atoms with Crippen molar-refractivity contribution in [2.45, 2.75) is 45.6 Å². The Balaban J connectivity index is 2.82. The lowest BCUT2D eigenvalue weighted by atomic mass is 9.79. The summed E-state index contributed by atoms with van der Waals surface area (Å²) in [4.78, 5) is 26.4. The van der Waals surface area contributed by atoms with Gasteiger partial charge in [-0.25, -0.2) is 0 Å². The van der Waals surface area contributed by atoms with Gasteiger partial charge in [-0.1, -0.05) is 6.92 Å². The van der Waals surface area contributed by atoms with Crippen molar-refractivity contribution in [2.75, 3.05) is 32.8 Å². The Hall–Kier alpha value is -1.14. The van der Waals surface area contributed by atoms with Crippen LogP contribution < -0.4 is 0 Å². The molecule has 0 aromatic rings. The Morgan fingerprint density at radius 3 is 1.95 bits per heavy atom. The second-order valence-corrected chi connectivity index (χ2v) is 5.38. The zero-order valence-corrected chi connectivity index (χ0v) is 13.3. The molecule has 122 valence electrons. The summed E-state index contributed by atoms with van der Waals surface area (Å²) >= 11 is 0. The number of likely N-dealkylation sites (tertiary alicyclic amines) is 1. The summed E-state index contributed by atoms with van der Waals surface area (Å²) in [5.74, 6) is -2.63. The Bertz CT molecular complexity index is 332. The van der Waals surface area contributed by atoms with Crippen LogP contribution in [0.25, 0.3) is 0 Å². The number of aliphatic hydroxyl groups is 1. The molecule has 0 saturated carbocycles. The third-order valence-electron chi connectivity index (χ3n) is 3.84. The fourth-order valence-electron chi connectivity index (χ4n) is 2.75. The van der Waals surface area contributed by atoms with Crippen molar-refractivity contribution < 1.29 is 24.2 Å². The third-order valence-corrected chi connectivity index (χ3v) is 3.84. The van der Waals surface area contributed by atoms with E-state index in [2.05, 4.69) is 11.8 Å². The van der Waals surface area contributed by atoms with Crippen molar-refractivity contribution >= 4 is 11.9 Å². The molecule has 0 atom stereocenters. The zero-order chi connectivity index (χ0) is 15.9. The number of piperidine rings is 1. The largest absolute Gasteiger partial charge is 0.465 e. The average Bonchev–Trinajstić information content (AvgIpc) is 2.42. The van der Waals surface area contributed by atoms with Gasteiger partial charge >= 0.3 is 11.9 Å². The third kappa shape index (κ3) is 4.68. The van der Waals surface area contributed by atoms with Gasteiger partial charge in [-0.3, -0.25) is 9.59 Å². The van der Waals surface area contributed by atoms with Gasteiger partial charge in [0.15, 0.2) is 5.92 Å². The molecule has 0 aromatic carbocycles. The quantitative estimate of drug-likeness (QED) is 0.558. The average molecular weight is 301 g/mol. The Kier molecular flexibility index (Phi) is 7.11. The van der Waals surface area contributed by atoms with Gasteiger partial charge < -0.3 is 19.5 Å². The van der Waals surface area contributed by atoms with Crippen LogP contribution in [-0.2, 0) is 19.1 Å². The van der Waals surface area contributed by atoms with Crippen molar-refractivity contribution in [1.82, 2.24) is 4.90 Å². The topological polar surface area (TPSA) is 76.1 Å². The number of rotatable bonds is 7. The van der Waals surface area contributed by atoms with E-state index in [1.807, 2.05) is 0 Å². The summed E-state index contributed by atoms with van der Waals surface area (Å²) in [7, 11) is 0. The van der Waals surface area contributed by atoms with Gasteiger partial charge in [-0.15, -0.1) is 0 Å². The van der Waals surface area contributed by atoms with E-state index in [0.717, 1.165) is 13.0 Å². The number of ether oxygens (including phenoxy) is 2. The van der Waals surface area contributed by atoms with Crippen LogP contribution in [0.5, 0.6) is 0 Å². The number of carbonyl (C=O) groups excluding carboxylic acids is 2. The number of esters is 2. The van der Waals surface area contributed by atoms with Crippen LogP contribution in [0.15, 0.2) is 0 Å². The van der Waals surface area contributed by atoms with Crippen molar-refractivity contribution in [2.24, 2.45) is 5.92 Å². The monoisotopic (exact) mass is 301 g/mol. The van der Waals surface area contributed by atoms with Crippen LogP contribution in [0.2, 0.25) is 0 Å². The summed E-state index contributed by atoms with van der Waals surface area (Å²) in [5.41, 5.74) is -1.37. The van der Waals surface area contributed by atoms with E-state index in [-0.39, 0.29) is 13.2 Å². The molecule has 6 nitrogen and oxygen atoms in total. The molecule has 0 amide bonds. The molecule has 0 aromatic heterocycles. The highest BCUT2D eigenvalue weighted by atomic mass is 16.6. The summed E-state index contributed by atoms with van der Waals surface area (Å²) in [6, 6.07) is 0. The number of carbonyl (C=O) groups is 2. The first-order valence-electron chi connectivity index (χ1n) is 7.76. The summed E-state index contributed by atoms with van der Waals surface area (Å²) in [5, 5.41) is 10.8. The first kappa shape index (κ1) is 17.9. The minimum Gasteiger partial charge on any atom is -0.465 e. The molecular formula is C15H27NO5. The van der Waals surface area contributed by atoms with Gasteiger partial charge in [0, 0.05) is 13.1 Å². The number of hydrogen-bond donors (Lipinski definition) is 1. The van der Waals surface area contributed by atoms with Gasteiger partial charge in [-0.05, 0) is 39.7 Å². The Morgan fingerprint density at radius 1 is 1.10 bits per heavy atom. The highest BCUT2D eigenvalue weighted by Crippen LogP contribution is 2.32.